The van der Waals surface area contributed by atoms with Crippen LogP contribution in [0.2, 0.25) is 0 Å². The van der Waals surface area contributed by atoms with Crippen LogP contribution in [0.25, 0.3) is 0 Å². The molecule has 0 aliphatic rings. The largest absolute Gasteiger partial charge is 0.508 e. The summed E-state index contributed by atoms with van der Waals surface area (Å²) in [6, 6.07) is 4.05. The average molecular weight is 278 g/mol. The summed E-state index contributed by atoms with van der Waals surface area (Å²) in [5, 5.41) is 37.9. The van der Waals surface area contributed by atoms with E-state index in [1.165, 1.54) is 6.92 Å². The fourth-order valence-corrected chi connectivity index (χ4v) is 1.71. The van der Waals surface area contributed by atoms with Crippen molar-refractivity contribution in [3.8, 4) is 23.0 Å². The molecule has 0 aliphatic carbocycles. The van der Waals surface area contributed by atoms with Gasteiger partial charge in [-0.05, 0) is 31.2 Å². The lowest BCUT2D eigenvalue weighted by atomic mass is 10.00. The molecule has 0 saturated carbocycles. The smallest absolute Gasteiger partial charge is 0.197 e. The van der Waals surface area contributed by atoms with Gasteiger partial charge in [0, 0.05) is 11.1 Å². The average Bonchev–Trinajstić information content (AvgIpc) is 2.41. The molecular weight excluding hydrogens is 267 g/mol. The fraction of sp³-hybridized carbons (Fsp3) is 0.0714. The second-order valence-corrected chi connectivity index (χ2v) is 4.26. The zero-order valence-electron chi connectivity index (χ0n) is 10.4. The monoisotopic (exact) mass is 278 g/mol. The molecule has 4 N–H and O–H groups in total. The number of phenols is 4. The first kappa shape index (κ1) is 13.7. The SMILES string of the molecule is Cc1c(O)cc(C(=O)c2ccc(F)c(O)c2O)cc1O. The summed E-state index contributed by atoms with van der Waals surface area (Å²) in [5.74, 6) is -4.35. The molecular formula is C14H11FO5. The Balaban J connectivity index is 2.55. The standard InChI is InChI=1S/C14H11FO5/c1-6-10(16)4-7(5-11(6)17)12(18)8-2-3-9(15)14(20)13(8)19/h2-5,16-17,19-20H,1H3. The topological polar surface area (TPSA) is 98.0 Å². The molecule has 2 aromatic rings. The summed E-state index contributed by atoms with van der Waals surface area (Å²) in [6.07, 6.45) is 0. The van der Waals surface area contributed by atoms with Gasteiger partial charge in [-0.1, -0.05) is 0 Å². The highest BCUT2D eigenvalue weighted by molar-refractivity contribution is 6.11. The predicted octanol–water partition coefficient (Wildman–Crippen LogP) is 2.19. The minimum atomic E-state index is -1.06. The van der Waals surface area contributed by atoms with Crippen molar-refractivity contribution in [2.75, 3.05) is 0 Å². The summed E-state index contributed by atoms with van der Waals surface area (Å²) < 4.78 is 13.0. The Hall–Kier alpha value is -2.76. The minimum absolute atomic E-state index is 0.105. The van der Waals surface area contributed by atoms with Crippen molar-refractivity contribution >= 4 is 5.78 Å². The van der Waals surface area contributed by atoms with Crippen LogP contribution in [0.1, 0.15) is 21.5 Å². The van der Waals surface area contributed by atoms with Crippen molar-refractivity contribution in [3.63, 3.8) is 0 Å². The van der Waals surface area contributed by atoms with Gasteiger partial charge < -0.3 is 20.4 Å². The van der Waals surface area contributed by atoms with Crippen LogP contribution in [0.15, 0.2) is 24.3 Å². The van der Waals surface area contributed by atoms with E-state index < -0.39 is 23.1 Å². The third-order valence-electron chi connectivity index (χ3n) is 2.96. The Morgan fingerprint density at radius 3 is 2.10 bits per heavy atom. The number of phenolic OH excluding ortho intramolecular Hbond substituents is 4. The Bertz CT molecular complexity index is 686. The molecule has 20 heavy (non-hydrogen) atoms. The normalized spacial score (nSPS) is 10.5. The van der Waals surface area contributed by atoms with Gasteiger partial charge >= 0.3 is 0 Å². The molecule has 6 heteroatoms. The Labute approximate surface area is 113 Å². The van der Waals surface area contributed by atoms with Crippen LogP contribution in [-0.4, -0.2) is 26.2 Å². The van der Waals surface area contributed by atoms with Gasteiger partial charge in [-0.3, -0.25) is 4.79 Å². The number of aromatic hydroxyl groups is 4. The molecule has 0 unspecified atom stereocenters. The first-order valence-electron chi connectivity index (χ1n) is 5.60. The van der Waals surface area contributed by atoms with Crippen molar-refractivity contribution in [3.05, 3.63) is 46.8 Å². The third kappa shape index (κ3) is 2.11. The van der Waals surface area contributed by atoms with Crippen molar-refractivity contribution in [2.24, 2.45) is 0 Å². The summed E-state index contributed by atoms with van der Waals surface area (Å²) in [5.41, 5.74) is -0.244. The summed E-state index contributed by atoms with van der Waals surface area (Å²) in [7, 11) is 0. The van der Waals surface area contributed by atoms with Gasteiger partial charge in [0.2, 0.25) is 0 Å². The molecule has 0 spiro atoms. The molecule has 0 amide bonds. The van der Waals surface area contributed by atoms with Crippen LogP contribution in [0.5, 0.6) is 23.0 Å². The number of carbonyl (C=O) groups excluding carboxylic acids is 1. The van der Waals surface area contributed by atoms with E-state index in [1.54, 1.807) is 0 Å². The number of hydrogen-bond donors (Lipinski definition) is 4. The van der Waals surface area contributed by atoms with Gasteiger partial charge in [-0.2, -0.15) is 0 Å². The molecule has 2 rings (SSSR count). The van der Waals surface area contributed by atoms with Crippen LogP contribution in [-0.2, 0) is 0 Å². The number of halogens is 1. The van der Waals surface area contributed by atoms with E-state index in [9.17, 15) is 29.6 Å². The van der Waals surface area contributed by atoms with Gasteiger partial charge in [-0.25, -0.2) is 4.39 Å². The lowest BCUT2D eigenvalue weighted by Crippen LogP contribution is -2.02. The van der Waals surface area contributed by atoms with Crippen LogP contribution in [0.3, 0.4) is 0 Å². The molecule has 104 valence electrons. The summed E-state index contributed by atoms with van der Waals surface area (Å²) in [6.45, 7) is 1.46. The van der Waals surface area contributed by atoms with Crippen LogP contribution in [0, 0.1) is 12.7 Å². The number of rotatable bonds is 2. The van der Waals surface area contributed by atoms with Crippen LogP contribution >= 0.6 is 0 Å². The van der Waals surface area contributed by atoms with E-state index in [0.717, 1.165) is 24.3 Å². The first-order chi connectivity index (χ1) is 9.32. The van der Waals surface area contributed by atoms with E-state index in [0.29, 0.717) is 0 Å². The van der Waals surface area contributed by atoms with Crippen molar-refractivity contribution in [2.45, 2.75) is 6.92 Å². The van der Waals surface area contributed by atoms with Crippen molar-refractivity contribution in [1.82, 2.24) is 0 Å². The molecule has 0 saturated heterocycles. The molecule has 0 fully saturated rings. The summed E-state index contributed by atoms with van der Waals surface area (Å²) in [4.78, 5) is 12.1. The molecule has 5 nitrogen and oxygen atoms in total. The minimum Gasteiger partial charge on any atom is -0.508 e. The van der Waals surface area contributed by atoms with E-state index >= 15 is 0 Å². The molecule has 0 heterocycles. The quantitative estimate of drug-likeness (QED) is 0.498. The predicted molar refractivity (Wildman–Crippen MR) is 67.7 cm³/mol. The lowest BCUT2D eigenvalue weighted by molar-refractivity contribution is 0.103. The lowest BCUT2D eigenvalue weighted by Gasteiger charge is -2.08. The third-order valence-corrected chi connectivity index (χ3v) is 2.96. The molecule has 0 aromatic heterocycles. The Morgan fingerprint density at radius 1 is 1.00 bits per heavy atom. The van der Waals surface area contributed by atoms with E-state index in [2.05, 4.69) is 0 Å². The molecule has 0 atom stereocenters. The first-order valence-corrected chi connectivity index (χ1v) is 5.60. The molecule has 0 radical (unpaired) electrons. The zero-order chi connectivity index (χ0) is 15.0. The number of carbonyl (C=O) groups is 1. The van der Waals surface area contributed by atoms with Gasteiger partial charge in [0.05, 0.1) is 5.56 Å². The zero-order valence-corrected chi connectivity index (χ0v) is 10.4. The second-order valence-electron chi connectivity index (χ2n) is 4.26. The van der Waals surface area contributed by atoms with Gasteiger partial charge in [0.25, 0.3) is 0 Å². The fourth-order valence-electron chi connectivity index (χ4n) is 1.71. The van der Waals surface area contributed by atoms with E-state index in [1.807, 2.05) is 0 Å². The highest BCUT2D eigenvalue weighted by Gasteiger charge is 2.20. The maximum Gasteiger partial charge on any atom is 0.197 e. The molecule has 0 bridgehead atoms. The highest BCUT2D eigenvalue weighted by Crippen LogP contribution is 2.34. The van der Waals surface area contributed by atoms with Gasteiger partial charge in [0.15, 0.2) is 23.1 Å². The van der Waals surface area contributed by atoms with E-state index in [4.69, 9.17) is 0 Å². The van der Waals surface area contributed by atoms with Crippen LogP contribution < -0.4 is 0 Å². The van der Waals surface area contributed by atoms with Crippen molar-refractivity contribution in [1.29, 1.82) is 0 Å². The maximum absolute atomic E-state index is 13.0. The second kappa shape index (κ2) is 4.73. The van der Waals surface area contributed by atoms with Gasteiger partial charge in [0.1, 0.15) is 11.5 Å². The molecule has 2 aromatic carbocycles. The maximum atomic E-state index is 13.0. The highest BCUT2D eigenvalue weighted by atomic mass is 19.1. The van der Waals surface area contributed by atoms with E-state index in [-0.39, 0.29) is 28.2 Å². The Kier molecular flexibility index (Phi) is 3.23. The molecule has 0 aliphatic heterocycles. The number of benzene rings is 2. The Morgan fingerprint density at radius 2 is 1.55 bits per heavy atom. The van der Waals surface area contributed by atoms with Crippen LogP contribution in [0.4, 0.5) is 4.39 Å². The number of ketones is 1. The van der Waals surface area contributed by atoms with Crippen molar-refractivity contribution < 1.29 is 29.6 Å². The number of hydrogen-bond acceptors (Lipinski definition) is 5. The summed E-state index contributed by atoms with van der Waals surface area (Å²) >= 11 is 0. The van der Waals surface area contributed by atoms with Gasteiger partial charge in [-0.15, -0.1) is 0 Å².